The van der Waals surface area contributed by atoms with Crippen molar-refractivity contribution < 1.29 is 67.3 Å². The molecule has 2 bridgehead atoms. The summed E-state index contributed by atoms with van der Waals surface area (Å²) in [5, 5.41) is 28.7. The Hall–Kier alpha value is -5.61. The molecule has 0 spiro atoms. The maximum atomic E-state index is 14.5. The number of hydrogen-bond acceptors (Lipinski definition) is 14. The second-order valence-corrected chi connectivity index (χ2v) is 18.9. The van der Waals surface area contributed by atoms with Crippen LogP contribution < -0.4 is 5.32 Å². The smallest absolute Gasteiger partial charge is 0.462 e. The lowest BCUT2D eigenvalue weighted by molar-refractivity contribution is -0.270. The van der Waals surface area contributed by atoms with Crippen LogP contribution in [0.3, 0.4) is 0 Å². The highest BCUT2D eigenvalue weighted by atomic mass is 16.8. The summed E-state index contributed by atoms with van der Waals surface area (Å²) in [6.07, 6.45) is -7.27. The Labute approximate surface area is 378 Å². The van der Waals surface area contributed by atoms with Crippen molar-refractivity contribution in [2.75, 3.05) is 13.7 Å². The lowest BCUT2D eigenvalue weighted by Crippen LogP contribution is -2.74. The zero-order chi connectivity index (χ0) is 47.1. The van der Waals surface area contributed by atoms with E-state index < -0.39 is 113 Å². The highest BCUT2D eigenvalue weighted by molar-refractivity contribution is 5.95. The molecule has 3 aromatic carbocycles. The molecule has 0 aromatic heterocycles. The number of nitrogens with one attached hydrogen (secondary N) is 1. The first-order valence-electron chi connectivity index (χ1n) is 21.9. The molecule has 0 unspecified atom stereocenters. The van der Waals surface area contributed by atoms with Crippen LogP contribution in [0, 0.1) is 16.7 Å². The van der Waals surface area contributed by atoms with Gasteiger partial charge in [0.2, 0.25) is 0 Å². The third kappa shape index (κ3) is 8.78. The molecule has 1 heterocycles. The summed E-state index contributed by atoms with van der Waals surface area (Å²) in [5.74, 6) is -5.59. The minimum Gasteiger partial charge on any atom is -0.462 e. The van der Waals surface area contributed by atoms with E-state index in [2.05, 4.69) is 5.32 Å². The largest absolute Gasteiger partial charge is 0.508 e. The average molecular weight is 898 g/mol. The summed E-state index contributed by atoms with van der Waals surface area (Å²) in [4.78, 5) is 68.6. The van der Waals surface area contributed by atoms with E-state index in [9.17, 15) is 34.2 Å². The van der Waals surface area contributed by atoms with Crippen molar-refractivity contribution in [2.24, 2.45) is 16.7 Å². The van der Waals surface area contributed by atoms with Crippen LogP contribution >= 0.6 is 0 Å². The lowest BCUT2D eigenvalue weighted by Gasteiger charge is -2.64. The molecule has 15 heteroatoms. The molecule has 10 atom stereocenters. The number of aliphatic hydroxyl groups is 2. The SMILES string of the molecule is COC(=O)O[C@@]1(COC(C)=O)CCC[C@]2(C)[C@@H]1[C@H](OC(=O)c1ccccc1)[C@]1(O)C[C@H](OC(=O)[C@H](O)[C@@H](NC(=O)c3ccccc3)c3ccccc3)C(C)=C([C@H]3OC(C)(C)O[C@@H]32)C1(C)C. The number of rotatable bonds is 11. The third-order valence-electron chi connectivity index (χ3n) is 14.1. The van der Waals surface area contributed by atoms with Gasteiger partial charge in [0, 0.05) is 29.7 Å². The summed E-state index contributed by atoms with van der Waals surface area (Å²) in [5.41, 5.74) is -4.65. The Kier molecular flexibility index (Phi) is 13.1. The third-order valence-corrected chi connectivity index (χ3v) is 14.1. The van der Waals surface area contributed by atoms with Gasteiger partial charge >= 0.3 is 24.1 Å². The van der Waals surface area contributed by atoms with Crippen molar-refractivity contribution in [3.63, 3.8) is 0 Å². The van der Waals surface area contributed by atoms with Gasteiger partial charge in [0.1, 0.15) is 30.5 Å². The molecule has 2 saturated carbocycles. The van der Waals surface area contributed by atoms with Crippen molar-refractivity contribution in [3.8, 4) is 0 Å². The quantitative estimate of drug-likeness (QED) is 0.106. The number of benzene rings is 3. The van der Waals surface area contributed by atoms with Crippen molar-refractivity contribution in [1.82, 2.24) is 5.32 Å². The Morgan fingerprint density at radius 3 is 2.03 bits per heavy atom. The van der Waals surface area contributed by atoms with Crippen LogP contribution in [-0.4, -0.2) is 101 Å². The van der Waals surface area contributed by atoms with E-state index in [0.717, 1.165) is 7.11 Å². The number of aliphatic hydroxyl groups excluding tert-OH is 1. The monoisotopic (exact) mass is 897 g/mol. The summed E-state index contributed by atoms with van der Waals surface area (Å²) in [6.45, 7) is 11.4. The summed E-state index contributed by atoms with van der Waals surface area (Å²) in [7, 11) is 1.14. The molecular formula is C50H59NO14. The molecule has 1 saturated heterocycles. The Balaban J connectivity index is 1.40. The first-order valence-corrected chi connectivity index (χ1v) is 21.9. The van der Waals surface area contributed by atoms with Crippen molar-refractivity contribution in [2.45, 2.75) is 128 Å². The van der Waals surface area contributed by atoms with Crippen molar-refractivity contribution >= 4 is 30.0 Å². The van der Waals surface area contributed by atoms with Gasteiger partial charge in [0.05, 0.1) is 30.7 Å². The summed E-state index contributed by atoms with van der Waals surface area (Å²) in [6, 6.07) is 23.8. The van der Waals surface area contributed by atoms with Crippen LogP contribution in [0.15, 0.2) is 102 Å². The topological polar surface area (TPSA) is 202 Å². The van der Waals surface area contributed by atoms with Crippen LogP contribution in [0.5, 0.6) is 0 Å². The Bertz CT molecular complexity index is 2300. The second kappa shape index (κ2) is 18.0. The number of carbonyl (C=O) groups excluding carboxylic acids is 5. The van der Waals surface area contributed by atoms with Gasteiger partial charge in [-0.2, -0.15) is 0 Å². The Morgan fingerprint density at radius 1 is 0.831 bits per heavy atom. The fraction of sp³-hybridized carbons (Fsp3) is 0.500. The molecule has 3 N–H and O–H groups in total. The van der Waals surface area contributed by atoms with Crippen molar-refractivity contribution in [1.29, 1.82) is 0 Å². The van der Waals surface area contributed by atoms with Crippen LogP contribution in [0.1, 0.15) is 106 Å². The molecule has 3 aromatic rings. The van der Waals surface area contributed by atoms with E-state index in [1.807, 2.05) is 6.92 Å². The average Bonchev–Trinajstić information content (AvgIpc) is 3.61. The van der Waals surface area contributed by atoms with E-state index in [4.69, 9.17) is 33.2 Å². The lowest BCUT2D eigenvalue weighted by atomic mass is 9.46. The molecule has 348 valence electrons. The predicted molar refractivity (Wildman–Crippen MR) is 233 cm³/mol. The van der Waals surface area contributed by atoms with Crippen LogP contribution in [0.2, 0.25) is 0 Å². The fourth-order valence-electron chi connectivity index (χ4n) is 10.9. The maximum absolute atomic E-state index is 14.5. The molecule has 3 fully saturated rings. The molecule has 1 aliphatic heterocycles. The normalized spacial score (nSPS) is 30.7. The molecule has 4 aliphatic rings. The van der Waals surface area contributed by atoms with Gasteiger partial charge < -0.3 is 48.7 Å². The minimum absolute atomic E-state index is 0.0923. The van der Waals surface area contributed by atoms with Gasteiger partial charge in [0.15, 0.2) is 17.5 Å². The summed E-state index contributed by atoms with van der Waals surface area (Å²) < 4.78 is 43.7. The molecule has 0 radical (unpaired) electrons. The van der Waals surface area contributed by atoms with E-state index in [0.29, 0.717) is 35.1 Å². The highest BCUT2D eigenvalue weighted by Gasteiger charge is 2.74. The predicted octanol–water partition coefficient (Wildman–Crippen LogP) is 6.56. The number of methoxy groups -OCH3 is 1. The van der Waals surface area contributed by atoms with Crippen LogP contribution in [0.4, 0.5) is 4.79 Å². The first-order chi connectivity index (χ1) is 30.7. The van der Waals surface area contributed by atoms with E-state index in [-0.39, 0.29) is 12.0 Å². The number of fused-ring (bicyclic) bond motifs is 6. The maximum Gasteiger partial charge on any atom is 0.508 e. The number of ether oxygens (including phenoxy) is 7. The van der Waals surface area contributed by atoms with E-state index >= 15 is 0 Å². The zero-order valence-electron chi connectivity index (χ0n) is 38.0. The number of hydrogen-bond donors (Lipinski definition) is 3. The number of carbonyl (C=O) groups is 5. The van der Waals surface area contributed by atoms with Crippen LogP contribution in [0.25, 0.3) is 0 Å². The van der Waals surface area contributed by atoms with Gasteiger partial charge in [-0.15, -0.1) is 0 Å². The van der Waals surface area contributed by atoms with Gasteiger partial charge in [0.25, 0.3) is 5.91 Å². The molecule has 65 heavy (non-hydrogen) atoms. The summed E-state index contributed by atoms with van der Waals surface area (Å²) >= 11 is 0. The first kappa shape index (κ1) is 47.4. The number of esters is 3. The molecule has 3 aliphatic carbocycles. The van der Waals surface area contributed by atoms with E-state index in [1.165, 1.54) is 6.92 Å². The Morgan fingerprint density at radius 2 is 1.43 bits per heavy atom. The van der Waals surface area contributed by atoms with Gasteiger partial charge in [-0.1, -0.05) is 87.5 Å². The molecule has 7 rings (SSSR count). The molecular weight excluding hydrogens is 839 g/mol. The fourth-order valence-corrected chi connectivity index (χ4v) is 10.9. The van der Waals surface area contributed by atoms with Gasteiger partial charge in [-0.05, 0) is 81.0 Å². The molecule has 15 nitrogen and oxygen atoms in total. The van der Waals surface area contributed by atoms with Crippen LogP contribution in [-0.2, 0) is 42.7 Å². The van der Waals surface area contributed by atoms with Gasteiger partial charge in [-0.3, -0.25) is 9.59 Å². The van der Waals surface area contributed by atoms with Gasteiger partial charge in [-0.25, -0.2) is 14.4 Å². The zero-order valence-corrected chi connectivity index (χ0v) is 38.0. The van der Waals surface area contributed by atoms with E-state index in [1.54, 1.807) is 126 Å². The second-order valence-electron chi connectivity index (χ2n) is 18.9. The molecule has 1 amide bonds. The standard InChI is InChI=1S/C50H59NO14/c1-29-34(61-44(56)37(53)36(31-19-12-9-13-20-31)51-42(54)32-21-14-10-15-22-32)27-50(58)41(62-43(55)33-23-16-11-17-24-33)39-48(7,40-38(35(29)46(50,3)4)63-47(5,6)64-40)25-18-26-49(39,28-60-30(2)52)65-45(57)59-8/h9-17,19-24,34,36-41,53,58H,18,25-28H2,1-8H3,(H,51,54)/t34-,36-,37+,38+,39-,40-,41-,48+,49+,50+/m0/s1. The highest BCUT2D eigenvalue weighted by Crippen LogP contribution is 2.66. The minimum atomic E-state index is -2.20. The van der Waals surface area contributed by atoms with Crippen molar-refractivity contribution in [3.05, 3.63) is 119 Å². The number of amides is 1.